The standard InChI is InChI=1S/C22H25ClN2O3/c1-5-24(6-2)20(27)17-11-16-18(12-22(3,4)13-19(16)26)25(21(17)28)15-9-7-14(23)8-10-15/h7-11H,5-6,12-13H2,1-4H3. The molecule has 0 aliphatic heterocycles. The Morgan fingerprint density at radius 1 is 1.11 bits per heavy atom. The average molecular weight is 401 g/mol. The van der Waals surface area contributed by atoms with Crippen LogP contribution in [-0.2, 0) is 6.42 Å². The van der Waals surface area contributed by atoms with Gasteiger partial charge in [0, 0.05) is 41.5 Å². The van der Waals surface area contributed by atoms with E-state index in [1.54, 1.807) is 29.2 Å². The van der Waals surface area contributed by atoms with E-state index in [9.17, 15) is 14.4 Å². The van der Waals surface area contributed by atoms with E-state index in [0.717, 1.165) is 0 Å². The summed E-state index contributed by atoms with van der Waals surface area (Å²) in [6.07, 6.45) is 0.962. The van der Waals surface area contributed by atoms with Crippen LogP contribution in [0.4, 0.5) is 0 Å². The van der Waals surface area contributed by atoms with E-state index >= 15 is 0 Å². The Kier molecular flexibility index (Phi) is 5.48. The number of benzene rings is 1. The Morgan fingerprint density at radius 2 is 1.71 bits per heavy atom. The van der Waals surface area contributed by atoms with Crippen LogP contribution in [0.15, 0.2) is 35.1 Å². The molecule has 0 N–H and O–H groups in total. The minimum absolute atomic E-state index is 0.0328. The molecule has 3 rings (SSSR count). The second-order valence-electron chi connectivity index (χ2n) is 7.95. The summed E-state index contributed by atoms with van der Waals surface area (Å²) < 4.78 is 1.52. The van der Waals surface area contributed by atoms with Crippen molar-refractivity contribution in [2.75, 3.05) is 13.1 Å². The third-order valence-corrected chi connectivity index (χ3v) is 5.51. The van der Waals surface area contributed by atoms with Crippen molar-refractivity contribution in [3.8, 4) is 5.69 Å². The Hall–Kier alpha value is -2.40. The van der Waals surface area contributed by atoms with Crippen LogP contribution in [0.3, 0.4) is 0 Å². The maximum absolute atomic E-state index is 13.4. The monoisotopic (exact) mass is 400 g/mol. The second-order valence-corrected chi connectivity index (χ2v) is 8.39. The molecule has 0 saturated heterocycles. The van der Waals surface area contributed by atoms with Gasteiger partial charge in [0.05, 0.1) is 0 Å². The van der Waals surface area contributed by atoms with Gasteiger partial charge in [0.25, 0.3) is 11.5 Å². The Bertz CT molecular complexity index is 986. The molecule has 5 nitrogen and oxygen atoms in total. The minimum atomic E-state index is -0.400. The van der Waals surface area contributed by atoms with Gasteiger partial charge in [-0.25, -0.2) is 0 Å². The predicted molar refractivity (Wildman–Crippen MR) is 111 cm³/mol. The molecule has 0 saturated carbocycles. The van der Waals surface area contributed by atoms with Crippen molar-refractivity contribution in [2.45, 2.75) is 40.5 Å². The van der Waals surface area contributed by atoms with E-state index in [1.165, 1.54) is 10.6 Å². The van der Waals surface area contributed by atoms with E-state index in [1.807, 2.05) is 27.7 Å². The number of aromatic nitrogens is 1. The van der Waals surface area contributed by atoms with Gasteiger partial charge in [0.2, 0.25) is 0 Å². The summed E-state index contributed by atoms with van der Waals surface area (Å²) in [5, 5.41) is 0.553. The zero-order valence-electron chi connectivity index (χ0n) is 16.7. The third kappa shape index (κ3) is 3.63. The van der Waals surface area contributed by atoms with E-state index in [2.05, 4.69) is 0 Å². The first-order valence-corrected chi connectivity index (χ1v) is 9.93. The normalized spacial score (nSPS) is 15.2. The topological polar surface area (TPSA) is 59.4 Å². The van der Waals surface area contributed by atoms with Crippen molar-refractivity contribution < 1.29 is 9.59 Å². The van der Waals surface area contributed by atoms with Crippen LogP contribution in [0.5, 0.6) is 0 Å². The number of halogens is 1. The largest absolute Gasteiger partial charge is 0.339 e. The smallest absolute Gasteiger partial charge is 0.268 e. The number of rotatable bonds is 4. The van der Waals surface area contributed by atoms with Gasteiger partial charge in [-0.3, -0.25) is 19.0 Å². The molecule has 0 atom stereocenters. The number of carbonyl (C=O) groups excluding carboxylic acids is 2. The third-order valence-electron chi connectivity index (χ3n) is 5.25. The molecule has 1 heterocycles. The first-order chi connectivity index (χ1) is 13.2. The van der Waals surface area contributed by atoms with Gasteiger partial charge in [-0.15, -0.1) is 0 Å². The highest BCUT2D eigenvalue weighted by atomic mass is 35.5. The summed E-state index contributed by atoms with van der Waals surface area (Å²) in [6.45, 7) is 8.75. The number of fused-ring (bicyclic) bond motifs is 1. The lowest BCUT2D eigenvalue weighted by molar-refractivity contribution is 0.0770. The zero-order chi connectivity index (χ0) is 20.6. The number of hydrogen-bond donors (Lipinski definition) is 0. The SMILES string of the molecule is CCN(CC)C(=O)c1cc2c(n(-c3ccc(Cl)cc3)c1=O)CC(C)(C)CC2=O. The summed E-state index contributed by atoms with van der Waals surface area (Å²) in [5.41, 5.74) is 1.10. The van der Waals surface area contributed by atoms with E-state index in [0.29, 0.717) is 47.9 Å². The summed E-state index contributed by atoms with van der Waals surface area (Å²) in [4.78, 5) is 40.8. The van der Waals surface area contributed by atoms with Crippen molar-refractivity contribution in [3.05, 3.63) is 62.5 Å². The molecule has 1 amide bonds. The number of amides is 1. The van der Waals surface area contributed by atoms with Crippen molar-refractivity contribution in [2.24, 2.45) is 5.41 Å². The fraction of sp³-hybridized carbons (Fsp3) is 0.409. The van der Waals surface area contributed by atoms with Gasteiger partial charge in [0.1, 0.15) is 5.56 Å². The molecule has 0 bridgehead atoms. The average Bonchev–Trinajstić information content (AvgIpc) is 2.62. The summed E-state index contributed by atoms with van der Waals surface area (Å²) in [6, 6.07) is 8.38. The highest BCUT2D eigenvalue weighted by Gasteiger charge is 2.35. The number of Topliss-reactive ketones (excluding diaryl/α,β-unsaturated/α-hetero) is 1. The van der Waals surface area contributed by atoms with Crippen molar-refractivity contribution in [1.29, 1.82) is 0 Å². The van der Waals surface area contributed by atoms with Gasteiger partial charge in [-0.2, -0.15) is 0 Å². The van der Waals surface area contributed by atoms with E-state index in [4.69, 9.17) is 11.6 Å². The van der Waals surface area contributed by atoms with Gasteiger partial charge >= 0.3 is 0 Å². The van der Waals surface area contributed by atoms with E-state index < -0.39 is 5.56 Å². The van der Waals surface area contributed by atoms with Crippen molar-refractivity contribution >= 4 is 23.3 Å². The lowest BCUT2D eigenvalue weighted by atomic mass is 9.75. The van der Waals surface area contributed by atoms with Crippen molar-refractivity contribution in [3.63, 3.8) is 0 Å². The first-order valence-electron chi connectivity index (χ1n) is 9.56. The quantitative estimate of drug-likeness (QED) is 0.775. The highest BCUT2D eigenvalue weighted by molar-refractivity contribution is 6.30. The molecule has 1 aromatic heterocycles. The summed E-state index contributed by atoms with van der Waals surface area (Å²) in [7, 11) is 0. The zero-order valence-corrected chi connectivity index (χ0v) is 17.5. The van der Waals surface area contributed by atoms with Gasteiger partial charge < -0.3 is 4.90 Å². The molecule has 1 aliphatic carbocycles. The fourth-order valence-electron chi connectivity index (χ4n) is 3.81. The number of ketones is 1. The molecule has 2 aromatic rings. The Morgan fingerprint density at radius 3 is 2.29 bits per heavy atom. The molecule has 0 fully saturated rings. The molecule has 1 aromatic carbocycles. The van der Waals surface area contributed by atoms with Crippen LogP contribution >= 0.6 is 11.6 Å². The lowest BCUT2D eigenvalue weighted by Crippen LogP contribution is -2.40. The molecule has 0 spiro atoms. The van der Waals surface area contributed by atoms with Gasteiger partial charge in [0.15, 0.2) is 5.78 Å². The minimum Gasteiger partial charge on any atom is -0.339 e. The highest BCUT2D eigenvalue weighted by Crippen LogP contribution is 2.35. The molecule has 28 heavy (non-hydrogen) atoms. The molecule has 148 valence electrons. The Balaban J connectivity index is 2.32. The molecular formula is C22H25ClN2O3. The predicted octanol–water partition coefficient (Wildman–Crippen LogP) is 4.13. The maximum Gasteiger partial charge on any atom is 0.268 e. The first kappa shape index (κ1) is 20.3. The summed E-state index contributed by atoms with van der Waals surface area (Å²) >= 11 is 6.01. The molecule has 1 aliphatic rings. The molecule has 6 heteroatoms. The van der Waals surface area contributed by atoms with Gasteiger partial charge in [-0.1, -0.05) is 25.4 Å². The molecular weight excluding hydrogens is 376 g/mol. The van der Waals surface area contributed by atoms with Crippen LogP contribution in [0.25, 0.3) is 5.69 Å². The van der Waals surface area contributed by atoms with Crippen molar-refractivity contribution in [1.82, 2.24) is 9.47 Å². The van der Waals surface area contributed by atoms with Crippen LogP contribution in [-0.4, -0.2) is 34.2 Å². The number of nitrogens with zero attached hydrogens (tertiary/aromatic N) is 2. The number of carbonyl (C=O) groups is 2. The molecule has 0 radical (unpaired) electrons. The van der Waals surface area contributed by atoms with E-state index in [-0.39, 0.29) is 22.7 Å². The van der Waals surface area contributed by atoms with Gasteiger partial charge in [-0.05, 0) is 56.0 Å². The Labute approximate surface area is 169 Å². The number of pyridine rings is 1. The maximum atomic E-state index is 13.4. The molecule has 0 unspecified atom stereocenters. The van der Waals surface area contributed by atoms with Crippen LogP contribution in [0, 0.1) is 5.41 Å². The lowest BCUT2D eigenvalue weighted by Gasteiger charge is -2.32. The van der Waals surface area contributed by atoms with Crippen LogP contribution < -0.4 is 5.56 Å². The second kappa shape index (κ2) is 7.55. The summed E-state index contributed by atoms with van der Waals surface area (Å²) in [5.74, 6) is -0.388. The fourth-order valence-corrected chi connectivity index (χ4v) is 3.94. The van der Waals surface area contributed by atoms with Crippen LogP contribution in [0.1, 0.15) is 60.5 Å². The van der Waals surface area contributed by atoms with Crippen LogP contribution in [0.2, 0.25) is 5.02 Å². The number of hydrogen-bond acceptors (Lipinski definition) is 3.